The van der Waals surface area contributed by atoms with Crippen LogP contribution in [0.15, 0.2) is 0 Å². The molecule has 23 heavy (non-hydrogen) atoms. The Morgan fingerprint density at radius 3 is 1.61 bits per heavy atom. The summed E-state index contributed by atoms with van der Waals surface area (Å²) in [6.45, 7) is 5.19. The maximum Gasteiger partial charge on any atom is 0.490 e. The van der Waals surface area contributed by atoms with E-state index >= 15 is 0 Å². The molecule has 0 atom stereocenters. The number of carboxylic acid groups (broad SMARTS) is 2. The molecule has 1 heterocycles. The molecule has 1 aliphatic heterocycles. The minimum absolute atomic E-state index is 0.226. The summed E-state index contributed by atoms with van der Waals surface area (Å²) in [5, 5.41) is 17.3. The number of amides is 1. The van der Waals surface area contributed by atoms with Gasteiger partial charge < -0.3 is 20.4 Å². The highest BCUT2D eigenvalue weighted by Crippen LogP contribution is 2.13. The van der Waals surface area contributed by atoms with Gasteiger partial charge in [-0.1, -0.05) is 0 Å². The third-order valence-electron chi connectivity index (χ3n) is 2.05. The second-order valence-corrected chi connectivity index (χ2v) is 3.76. The van der Waals surface area contributed by atoms with Gasteiger partial charge in [0.25, 0.3) is 0 Å². The van der Waals surface area contributed by atoms with Crippen molar-refractivity contribution in [3.63, 3.8) is 0 Å². The Morgan fingerprint density at radius 2 is 1.43 bits per heavy atom. The van der Waals surface area contributed by atoms with Gasteiger partial charge >= 0.3 is 24.3 Å². The zero-order valence-corrected chi connectivity index (χ0v) is 11.7. The minimum atomic E-state index is -5.08. The van der Waals surface area contributed by atoms with E-state index in [9.17, 15) is 31.1 Å². The first-order valence-corrected chi connectivity index (χ1v) is 5.82. The first-order chi connectivity index (χ1) is 10.2. The average Bonchev–Trinajstić information content (AvgIpc) is 2.38. The number of carbonyl (C=O) groups excluding carboxylic acids is 1. The van der Waals surface area contributed by atoms with Crippen LogP contribution in [0.25, 0.3) is 0 Å². The maximum absolute atomic E-state index is 10.9. The first-order valence-electron chi connectivity index (χ1n) is 5.82. The minimum Gasteiger partial charge on any atom is -0.475 e. The van der Waals surface area contributed by atoms with Crippen molar-refractivity contribution < 1.29 is 50.9 Å². The highest BCUT2D eigenvalue weighted by atomic mass is 19.4. The molecule has 3 N–H and O–H groups in total. The zero-order valence-electron chi connectivity index (χ0n) is 11.7. The molecule has 0 aromatic heterocycles. The Balaban J connectivity index is 0. The lowest BCUT2D eigenvalue weighted by molar-refractivity contribution is -0.193. The number of carbonyl (C=O) groups is 3. The Hall–Kier alpha value is -2.05. The Bertz CT molecular complexity index is 386. The molecule has 1 amide bonds. The van der Waals surface area contributed by atoms with Crippen molar-refractivity contribution in [2.45, 2.75) is 19.3 Å². The van der Waals surface area contributed by atoms with E-state index < -0.39 is 24.3 Å². The molecule has 0 aromatic carbocycles. The molecule has 136 valence electrons. The van der Waals surface area contributed by atoms with Crippen LogP contribution in [0.2, 0.25) is 0 Å². The lowest BCUT2D eigenvalue weighted by Gasteiger charge is -2.25. The number of likely N-dealkylation sites (N-methyl/N-ethyl adjacent to an activating group) is 1. The van der Waals surface area contributed by atoms with E-state index in [1.54, 1.807) is 0 Å². The second kappa shape index (κ2) is 9.86. The van der Waals surface area contributed by atoms with E-state index in [1.807, 2.05) is 11.8 Å². The summed E-state index contributed by atoms with van der Waals surface area (Å²) in [5.74, 6) is -5.29. The first kappa shape index (κ1) is 23.2. The molecule has 0 saturated carbocycles. The topological polar surface area (TPSA) is 107 Å². The van der Waals surface area contributed by atoms with Gasteiger partial charge in [-0.05, 0) is 6.92 Å². The molecular formula is C10H14F6N2O5. The fraction of sp³-hybridized carbons (Fsp3) is 0.700. The van der Waals surface area contributed by atoms with Crippen LogP contribution in [0.4, 0.5) is 26.3 Å². The second-order valence-electron chi connectivity index (χ2n) is 3.76. The number of carboxylic acids is 2. The molecule has 0 spiro atoms. The van der Waals surface area contributed by atoms with Crippen LogP contribution in [-0.4, -0.2) is 71.5 Å². The summed E-state index contributed by atoms with van der Waals surface area (Å²) in [6, 6.07) is 0. The van der Waals surface area contributed by atoms with E-state index in [4.69, 9.17) is 19.8 Å². The monoisotopic (exact) mass is 356 g/mol. The molecule has 7 nitrogen and oxygen atoms in total. The van der Waals surface area contributed by atoms with Crippen molar-refractivity contribution >= 4 is 17.8 Å². The van der Waals surface area contributed by atoms with Crippen LogP contribution >= 0.6 is 0 Å². The zero-order chi connectivity index (χ0) is 18.8. The van der Waals surface area contributed by atoms with Gasteiger partial charge in [-0.3, -0.25) is 4.79 Å². The van der Waals surface area contributed by atoms with Gasteiger partial charge in [0.1, 0.15) is 0 Å². The number of piperazine rings is 1. The Labute approximate surface area is 125 Å². The van der Waals surface area contributed by atoms with Gasteiger partial charge in [0, 0.05) is 19.6 Å². The third kappa shape index (κ3) is 12.2. The highest BCUT2D eigenvalue weighted by Gasteiger charge is 2.38. The van der Waals surface area contributed by atoms with Gasteiger partial charge in [0.15, 0.2) is 0 Å². The predicted octanol–water partition coefficient (Wildman–Crippen LogP) is 0.705. The lowest BCUT2D eigenvalue weighted by Crippen LogP contribution is -2.47. The molecule has 1 fully saturated rings. The average molecular weight is 356 g/mol. The molecule has 0 bridgehead atoms. The van der Waals surface area contributed by atoms with Crippen LogP contribution in [0.5, 0.6) is 0 Å². The fourth-order valence-electron chi connectivity index (χ4n) is 0.980. The van der Waals surface area contributed by atoms with E-state index in [1.165, 1.54) is 0 Å². The van der Waals surface area contributed by atoms with E-state index in [-0.39, 0.29) is 5.91 Å². The summed E-state index contributed by atoms with van der Waals surface area (Å²) in [6.07, 6.45) is -10.2. The molecule has 0 radical (unpaired) electrons. The summed E-state index contributed by atoms with van der Waals surface area (Å²) in [4.78, 5) is 30.5. The van der Waals surface area contributed by atoms with E-state index in [2.05, 4.69) is 5.32 Å². The van der Waals surface area contributed by atoms with Crippen LogP contribution in [-0.2, 0) is 14.4 Å². The largest absolute Gasteiger partial charge is 0.490 e. The quantitative estimate of drug-likeness (QED) is 0.598. The molecule has 1 saturated heterocycles. The van der Waals surface area contributed by atoms with Crippen LogP contribution in [0, 0.1) is 0 Å². The molecular weight excluding hydrogens is 342 g/mol. The van der Waals surface area contributed by atoms with Crippen molar-refractivity contribution in [1.82, 2.24) is 10.2 Å². The van der Waals surface area contributed by atoms with Crippen molar-refractivity contribution in [3.05, 3.63) is 0 Å². The smallest absolute Gasteiger partial charge is 0.475 e. The number of nitrogens with one attached hydrogen (secondary N) is 1. The van der Waals surface area contributed by atoms with Crippen LogP contribution in [0.1, 0.15) is 6.92 Å². The summed E-state index contributed by atoms with van der Waals surface area (Å²) in [7, 11) is 0. The standard InChI is InChI=1S/C6H12N2O.2C2HF3O2/c1-2-8-4-3-7-5-6(8)9;2*3-2(4,5)1(6)7/h7H,2-5H2,1H3;2*(H,6,7). The molecule has 1 aliphatic rings. The van der Waals surface area contributed by atoms with Crippen LogP contribution < -0.4 is 5.32 Å². The van der Waals surface area contributed by atoms with Gasteiger partial charge in [0.2, 0.25) is 5.91 Å². The molecule has 1 rings (SSSR count). The highest BCUT2D eigenvalue weighted by molar-refractivity contribution is 5.78. The van der Waals surface area contributed by atoms with Crippen LogP contribution in [0.3, 0.4) is 0 Å². The SMILES string of the molecule is CCN1CCNCC1=O.O=C(O)C(F)(F)F.O=C(O)C(F)(F)F. The third-order valence-corrected chi connectivity index (χ3v) is 2.05. The number of aliphatic carboxylic acids is 2. The molecule has 13 heteroatoms. The van der Waals surface area contributed by atoms with Crippen molar-refractivity contribution in [2.24, 2.45) is 0 Å². The summed E-state index contributed by atoms with van der Waals surface area (Å²) in [5.41, 5.74) is 0. The Kier molecular flexibility index (Phi) is 9.96. The molecule has 0 unspecified atom stereocenters. The maximum atomic E-state index is 10.9. The number of alkyl halides is 6. The predicted molar refractivity (Wildman–Crippen MR) is 62.5 cm³/mol. The van der Waals surface area contributed by atoms with Gasteiger partial charge in [-0.2, -0.15) is 26.3 Å². The van der Waals surface area contributed by atoms with Crippen molar-refractivity contribution in [3.8, 4) is 0 Å². The van der Waals surface area contributed by atoms with Gasteiger partial charge in [0.05, 0.1) is 6.54 Å². The summed E-state index contributed by atoms with van der Waals surface area (Å²) >= 11 is 0. The summed E-state index contributed by atoms with van der Waals surface area (Å²) < 4.78 is 63.5. The lowest BCUT2D eigenvalue weighted by atomic mass is 10.3. The Morgan fingerprint density at radius 1 is 1.09 bits per heavy atom. The van der Waals surface area contributed by atoms with E-state index in [0.717, 1.165) is 19.6 Å². The molecule has 0 aliphatic carbocycles. The van der Waals surface area contributed by atoms with Gasteiger partial charge in [-0.25, -0.2) is 9.59 Å². The van der Waals surface area contributed by atoms with E-state index in [0.29, 0.717) is 6.54 Å². The van der Waals surface area contributed by atoms with Gasteiger partial charge in [-0.15, -0.1) is 0 Å². The van der Waals surface area contributed by atoms with Crippen molar-refractivity contribution in [2.75, 3.05) is 26.2 Å². The number of halogens is 6. The number of rotatable bonds is 1. The number of nitrogens with zero attached hydrogens (tertiary/aromatic N) is 1. The van der Waals surface area contributed by atoms with Crippen molar-refractivity contribution in [1.29, 1.82) is 0 Å². The number of hydrogen-bond acceptors (Lipinski definition) is 4. The number of hydrogen-bond donors (Lipinski definition) is 3. The fourth-order valence-corrected chi connectivity index (χ4v) is 0.980. The normalized spacial score (nSPS) is 14.9. The molecule has 0 aromatic rings.